The molecule has 1 rings (SSSR count). The van der Waals surface area contributed by atoms with Crippen molar-refractivity contribution < 1.29 is 18.3 Å². The molecule has 6 heteroatoms. The number of carbonyl (C=O) groups is 1. The second-order valence-corrected chi connectivity index (χ2v) is 4.86. The summed E-state index contributed by atoms with van der Waals surface area (Å²) in [7, 11) is -3.42. The van der Waals surface area contributed by atoms with Crippen molar-refractivity contribution in [3.05, 3.63) is 0 Å². The molecule has 1 fully saturated rings. The zero-order valence-corrected chi connectivity index (χ0v) is 7.52. The van der Waals surface area contributed by atoms with Crippen LogP contribution in [0.15, 0.2) is 0 Å². The molecule has 0 saturated heterocycles. The average molecular weight is 193 g/mol. The van der Waals surface area contributed by atoms with Gasteiger partial charge in [-0.05, 0) is 19.3 Å². The summed E-state index contributed by atoms with van der Waals surface area (Å²) in [5.41, 5.74) is -1.21. The minimum Gasteiger partial charge on any atom is -0.480 e. The fourth-order valence-electron chi connectivity index (χ4n) is 1.24. The van der Waals surface area contributed by atoms with E-state index in [0.29, 0.717) is 12.8 Å². The normalized spacial score (nSPS) is 21.4. The standard InChI is InChI=1S/C6H11NO4S/c1-12(10,11)7-6(5(8)9)3-2-4-6/h7H,2-4H2,1H3,(H,8,9). The molecular formula is C6H11NO4S. The van der Waals surface area contributed by atoms with Crippen LogP contribution in [0.3, 0.4) is 0 Å². The summed E-state index contributed by atoms with van der Waals surface area (Å²) in [4.78, 5) is 10.7. The molecule has 12 heavy (non-hydrogen) atoms. The predicted molar refractivity (Wildman–Crippen MR) is 42.2 cm³/mol. The number of hydrogen-bond acceptors (Lipinski definition) is 3. The molecule has 0 amide bonds. The van der Waals surface area contributed by atoms with Crippen molar-refractivity contribution in [3.63, 3.8) is 0 Å². The number of nitrogens with one attached hydrogen (secondary N) is 1. The fourth-order valence-corrected chi connectivity index (χ4v) is 2.25. The Balaban J connectivity index is 2.76. The van der Waals surface area contributed by atoms with E-state index in [4.69, 9.17) is 5.11 Å². The van der Waals surface area contributed by atoms with E-state index in [1.807, 2.05) is 0 Å². The zero-order valence-electron chi connectivity index (χ0n) is 6.70. The largest absolute Gasteiger partial charge is 0.480 e. The van der Waals surface area contributed by atoms with E-state index in [1.54, 1.807) is 0 Å². The maximum Gasteiger partial charge on any atom is 0.324 e. The highest BCUT2D eigenvalue weighted by Gasteiger charge is 2.46. The van der Waals surface area contributed by atoms with E-state index in [9.17, 15) is 13.2 Å². The second-order valence-electron chi connectivity index (χ2n) is 3.12. The van der Waals surface area contributed by atoms with Crippen molar-refractivity contribution in [3.8, 4) is 0 Å². The Morgan fingerprint density at radius 3 is 2.08 bits per heavy atom. The highest BCUT2D eigenvalue weighted by atomic mass is 32.2. The molecule has 70 valence electrons. The maximum absolute atomic E-state index is 10.8. The predicted octanol–water partition coefficient (Wildman–Crippen LogP) is -0.457. The molecular weight excluding hydrogens is 182 g/mol. The molecule has 0 aliphatic heterocycles. The summed E-state index contributed by atoms with van der Waals surface area (Å²) >= 11 is 0. The van der Waals surface area contributed by atoms with Crippen molar-refractivity contribution >= 4 is 16.0 Å². The van der Waals surface area contributed by atoms with E-state index in [-0.39, 0.29) is 0 Å². The summed E-state index contributed by atoms with van der Waals surface area (Å²) in [6.45, 7) is 0. The Hall–Kier alpha value is -0.620. The van der Waals surface area contributed by atoms with Gasteiger partial charge in [0.05, 0.1) is 6.26 Å². The molecule has 0 atom stereocenters. The van der Waals surface area contributed by atoms with Crippen LogP contribution in [0, 0.1) is 0 Å². The van der Waals surface area contributed by atoms with Crippen molar-refractivity contribution in [1.29, 1.82) is 0 Å². The van der Waals surface area contributed by atoms with Gasteiger partial charge in [0.1, 0.15) is 5.54 Å². The third-order valence-corrected chi connectivity index (χ3v) is 2.76. The van der Waals surface area contributed by atoms with Crippen molar-refractivity contribution in [2.45, 2.75) is 24.8 Å². The first-order valence-electron chi connectivity index (χ1n) is 3.58. The fraction of sp³-hybridized carbons (Fsp3) is 0.833. The lowest BCUT2D eigenvalue weighted by Gasteiger charge is -2.37. The summed E-state index contributed by atoms with van der Waals surface area (Å²) in [6.07, 6.45) is 2.50. The van der Waals surface area contributed by atoms with Gasteiger partial charge in [-0.25, -0.2) is 8.42 Å². The Morgan fingerprint density at radius 2 is 2.00 bits per heavy atom. The maximum atomic E-state index is 10.8. The van der Waals surface area contributed by atoms with Gasteiger partial charge in [-0.15, -0.1) is 0 Å². The van der Waals surface area contributed by atoms with Gasteiger partial charge in [0.25, 0.3) is 0 Å². The average Bonchev–Trinajstić information content (AvgIpc) is 1.75. The number of carboxylic acid groups (broad SMARTS) is 1. The van der Waals surface area contributed by atoms with Gasteiger partial charge in [-0.3, -0.25) is 4.79 Å². The number of sulfonamides is 1. The third-order valence-electron chi connectivity index (χ3n) is 2.00. The van der Waals surface area contributed by atoms with Crippen LogP contribution < -0.4 is 4.72 Å². The molecule has 1 aliphatic rings. The molecule has 1 saturated carbocycles. The molecule has 2 N–H and O–H groups in total. The molecule has 0 radical (unpaired) electrons. The van der Waals surface area contributed by atoms with Crippen molar-refractivity contribution in [2.24, 2.45) is 0 Å². The summed E-state index contributed by atoms with van der Waals surface area (Å²) < 4.78 is 23.7. The molecule has 0 aromatic heterocycles. The minimum atomic E-state index is -3.42. The first kappa shape index (κ1) is 9.47. The third kappa shape index (κ3) is 1.75. The lowest BCUT2D eigenvalue weighted by atomic mass is 9.78. The first-order valence-corrected chi connectivity index (χ1v) is 5.47. The van der Waals surface area contributed by atoms with Gasteiger partial charge in [-0.2, -0.15) is 4.72 Å². The molecule has 1 aliphatic carbocycles. The van der Waals surface area contributed by atoms with Crippen LogP contribution in [0.25, 0.3) is 0 Å². The van der Waals surface area contributed by atoms with E-state index >= 15 is 0 Å². The van der Waals surface area contributed by atoms with Crippen LogP contribution in [-0.2, 0) is 14.8 Å². The van der Waals surface area contributed by atoms with Crippen LogP contribution in [0.5, 0.6) is 0 Å². The lowest BCUT2D eigenvalue weighted by Crippen LogP contribution is -2.58. The SMILES string of the molecule is CS(=O)(=O)NC1(C(=O)O)CCC1. The van der Waals surface area contributed by atoms with Gasteiger partial charge in [0.2, 0.25) is 10.0 Å². The van der Waals surface area contributed by atoms with Crippen LogP contribution in [0.1, 0.15) is 19.3 Å². The van der Waals surface area contributed by atoms with Crippen LogP contribution in [0.4, 0.5) is 0 Å². The second kappa shape index (κ2) is 2.70. The summed E-state index contributed by atoms with van der Waals surface area (Å²) in [5, 5.41) is 8.72. The minimum absolute atomic E-state index is 0.384. The Labute approximate surface area is 70.8 Å². The Kier molecular flexibility index (Phi) is 2.13. The molecule has 0 heterocycles. The van der Waals surface area contributed by atoms with E-state index in [0.717, 1.165) is 12.7 Å². The van der Waals surface area contributed by atoms with E-state index in [1.165, 1.54) is 0 Å². The van der Waals surface area contributed by atoms with Crippen LogP contribution >= 0.6 is 0 Å². The number of rotatable bonds is 3. The summed E-state index contributed by atoms with van der Waals surface area (Å²) in [5.74, 6) is -1.08. The van der Waals surface area contributed by atoms with Crippen LogP contribution in [-0.4, -0.2) is 31.3 Å². The van der Waals surface area contributed by atoms with Crippen LogP contribution in [0.2, 0.25) is 0 Å². The molecule has 0 unspecified atom stereocenters. The smallest absolute Gasteiger partial charge is 0.324 e. The van der Waals surface area contributed by atoms with E-state index < -0.39 is 21.5 Å². The van der Waals surface area contributed by atoms with Gasteiger partial charge >= 0.3 is 5.97 Å². The number of hydrogen-bond donors (Lipinski definition) is 2. The van der Waals surface area contributed by atoms with E-state index in [2.05, 4.69) is 4.72 Å². The molecule has 0 aromatic carbocycles. The van der Waals surface area contributed by atoms with Gasteiger partial charge in [0, 0.05) is 0 Å². The first-order chi connectivity index (χ1) is 5.36. The zero-order chi connectivity index (χ0) is 9.41. The van der Waals surface area contributed by atoms with Gasteiger partial charge in [0.15, 0.2) is 0 Å². The molecule has 0 spiro atoms. The topological polar surface area (TPSA) is 83.5 Å². The molecule has 0 aromatic rings. The molecule has 0 bridgehead atoms. The molecule has 5 nitrogen and oxygen atoms in total. The highest BCUT2D eigenvalue weighted by molar-refractivity contribution is 7.88. The quantitative estimate of drug-likeness (QED) is 0.635. The monoisotopic (exact) mass is 193 g/mol. The summed E-state index contributed by atoms with van der Waals surface area (Å²) in [6, 6.07) is 0. The number of aliphatic carboxylic acids is 1. The Bertz CT molecular complexity index is 291. The van der Waals surface area contributed by atoms with Crippen molar-refractivity contribution in [2.75, 3.05) is 6.26 Å². The van der Waals surface area contributed by atoms with Crippen molar-refractivity contribution in [1.82, 2.24) is 4.72 Å². The Morgan fingerprint density at radius 1 is 1.50 bits per heavy atom. The highest BCUT2D eigenvalue weighted by Crippen LogP contribution is 2.32. The number of carboxylic acids is 1. The van der Waals surface area contributed by atoms with Gasteiger partial charge in [-0.1, -0.05) is 0 Å². The lowest BCUT2D eigenvalue weighted by molar-refractivity contribution is -0.147. The van der Waals surface area contributed by atoms with Gasteiger partial charge < -0.3 is 5.11 Å².